The van der Waals surface area contributed by atoms with Gasteiger partial charge in [-0.3, -0.25) is 14.5 Å². The maximum absolute atomic E-state index is 12.5. The van der Waals surface area contributed by atoms with Gasteiger partial charge in [-0.2, -0.15) is 0 Å². The van der Waals surface area contributed by atoms with Gasteiger partial charge in [-0.05, 0) is 45.4 Å². The third-order valence-corrected chi connectivity index (χ3v) is 6.47. The van der Waals surface area contributed by atoms with Gasteiger partial charge in [0.1, 0.15) is 5.82 Å². The van der Waals surface area contributed by atoms with E-state index in [-0.39, 0.29) is 17.4 Å². The summed E-state index contributed by atoms with van der Waals surface area (Å²) < 4.78 is 0. The summed E-state index contributed by atoms with van der Waals surface area (Å²) in [7, 11) is 0. The predicted octanol–water partition coefficient (Wildman–Crippen LogP) is 1.90. The van der Waals surface area contributed by atoms with E-state index in [4.69, 9.17) is 4.98 Å². The second-order valence-electron chi connectivity index (χ2n) is 8.61. The lowest BCUT2D eigenvalue weighted by Gasteiger charge is -2.33. The van der Waals surface area contributed by atoms with Gasteiger partial charge in [0, 0.05) is 49.6 Å². The van der Waals surface area contributed by atoms with Crippen LogP contribution in [-0.2, 0) is 17.8 Å². The van der Waals surface area contributed by atoms with Crippen molar-refractivity contribution in [1.82, 2.24) is 19.8 Å². The first-order chi connectivity index (χ1) is 12.4. The molecule has 4 rings (SSSR count). The third kappa shape index (κ3) is 3.31. The van der Waals surface area contributed by atoms with Crippen molar-refractivity contribution in [3.8, 4) is 0 Å². The molecule has 26 heavy (non-hydrogen) atoms. The van der Waals surface area contributed by atoms with Crippen LogP contribution in [0.4, 0.5) is 0 Å². The maximum Gasteiger partial charge on any atom is 0.254 e. The largest absolute Gasteiger partial charge is 0.342 e. The van der Waals surface area contributed by atoms with E-state index in [1.54, 1.807) is 0 Å². The van der Waals surface area contributed by atoms with Gasteiger partial charge in [0.15, 0.2) is 0 Å². The molecule has 142 valence electrons. The highest BCUT2D eigenvalue weighted by atomic mass is 16.2. The van der Waals surface area contributed by atoms with Gasteiger partial charge in [0.25, 0.3) is 5.56 Å². The van der Waals surface area contributed by atoms with Crippen molar-refractivity contribution in [2.45, 2.75) is 65.0 Å². The highest BCUT2D eigenvalue weighted by Crippen LogP contribution is 2.40. The lowest BCUT2D eigenvalue weighted by Crippen LogP contribution is -2.41. The number of fused-ring (bicyclic) bond motifs is 1. The van der Waals surface area contributed by atoms with E-state index < -0.39 is 0 Å². The van der Waals surface area contributed by atoms with Crippen LogP contribution in [0.15, 0.2) is 4.79 Å². The molecule has 0 unspecified atom stereocenters. The fourth-order valence-electron chi connectivity index (χ4n) is 4.39. The van der Waals surface area contributed by atoms with Crippen molar-refractivity contribution in [2.24, 2.45) is 11.8 Å². The molecule has 3 heterocycles. The number of rotatable bonds is 3. The van der Waals surface area contributed by atoms with E-state index in [1.807, 2.05) is 4.90 Å². The number of carbonyl (C=O) groups is 1. The number of likely N-dealkylation sites (tertiary alicyclic amines) is 1. The quantitative estimate of drug-likeness (QED) is 0.896. The molecule has 1 aromatic heterocycles. The van der Waals surface area contributed by atoms with Gasteiger partial charge in [-0.15, -0.1) is 0 Å². The average molecular weight is 358 g/mol. The van der Waals surface area contributed by atoms with Crippen molar-refractivity contribution in [3.05, 3.63) is 27.4 Å². The first-order valence-corrected chi connectivity index (χ1v) is 10.1. The van der Waals surface area contributed by atoms with Gasteiger partial charge >= 0.3 is 0 Å². The fourth-order valence-corrected chi connectivity index (χ4v) is 4.39. The standard InChI is InChI=1S/C20H30N4O2/c1-12(2)24-9-6-15-17(11-24)21-18(22-19(15)25)14-4-7-23(8-5-14)20(26)16-10-13(16)3/h12-14,16H,4-11H2,1-3H3,(H,21,22,25)/t13-,16-/m0/s1. The van der Waals surface area contributed by atoms with Crippen LogP contribution in [0.1, 0.15) is 63.0 Å². The Morgan fingerprint density at radius 1 is 1.23 bits per heavy atom. The summed E-state index contributed by atoms with van der Waals surface area (Å²) in [5, 5.41) is 0. The number of amides is 1. The molecule has 1 saturated carbocycles. The highest BCUT2D eigenvalue weighted by molar-refractivity contribution is 5.81. The van der Waals surface area contributed by atoms with Crippen LogP contribution in [0.3, 0.4) is 0 Å². The minimum Gasteiger partial charge on any atom is -0.342 e. The van der Waals surface area contributed by atoms with Gasteiger partial charge in [0.2, 0.25) is 5.91 Å². The summed E-state index contributed by atoms with van der Waals surface area (Å²) in [6.07, 6.45) is 3.61. The van der Waals surface area contributed by atoms with Crippen LogP contribution in [0.5, 0.6) is 0 Å². The number of carbonyl (C=O) groups excluding carboxylic acids is 1. The van der Waals surface area contributed by atoms with Crippen LogP contribution < -0.4 is 5.56 Å². The molecular formula is C20H30N4O2. The summed E-state index contributed by atoms with van der Waals surface area (Å²) in [5.74, 6) is 2.22. The zero-order valence-electron chi connectivity index (χ0n) is 16.1. The Morgan fingerprint density at radius 2 is 1.92 bits per heavy atom. The van der Waals surface area contributed by atoms with Gasteiger partial charge in [-0.1, -0.05) is 6.92 Å². The van der Waals surface area contributed by atoms with E-state index in [9.17, 15) is 9.59 Å². The number of hydrogen-bond acceptors (Lipinski definition) is 4. The Bertz CT molecular complexity index is 749. The Labute approximate surface area is 155 Å². The number of nitrogens with one attached hydrogen (secondary N) is 1. The van der Waals surface area contributed by atoms with Crippen LogP contribution in [0, 0.1) is 11.8 Å². The van der Waals surface area contributed by atoms with Crippen molar-refractivity contribution in [3.63, 3.8) is 0 Å². The summed E-state index contributed by atoms with van der Waals surface area (Å²) in [5.41, 5.74) is 1.86. The third-order valence-electron chi connectivity index (χ3n) is 6.47. The lowest BCUT2D eigenvalue weighted by molar-refractivity contribution is -0.133. The molecule has 1 N–H and O–H groups in total. The molecule has 1 aromatic rings. The molecule has 0 aromatic carbocycles. The van der Waals surface area contributed by atoms with E-state index >= 15 is 0 Å². The maximum atomic E-state index is 12.5. The summed E-state index contributed by atoms with van der Waals surface area (Å²) >= 11 is 0. The molecule has 3 aliphatic rings. The Balaban J connectivity index is 1.46. The van der Waals surface area contributed by atoms with E-state index in [0.717, 1.165) is 68.9 Å². The molecule has 0 radical (unpaired) electrons. The first kappa shape index (κ1) is 17.7. The van der Waals surface area contributed by atoms with Gasteiger partial charge < -0.3 is 9.88 Å². The van der Waals surface area contributed by atoms with E-state index in [0.29, 0.717) is 17.9 Å². The summed E-state index contributed by atoms with van der Waals surface area (Å²) in [4.78, 5) is 37.2. The lowest BCUT2D eigenvalue weighted by atomic mass is 9.95. The summed E-state index contributed by atoms with van der Waals surface area (Å²) in [6.45, 7) is 9.78. The Hall–Kier alpha value is -1.69. The molecule has 2 aliphatic heterocycles. The van der Waals surface area contributed by atoms with Crippen molar-refractivity contribution in [2.75, 3.05) is 19.6 Å². The number of hydrogen-bond donors (Lipinski definition) is 1. The molecular weight excluding hydrogens is 328 g/mol. The summed E-state index contributed by atoms with van der Waals surface area (Å²) in [6, 6.07) is 0.465. The molecule has 1 amide bonds. The Morgan fingerprint density at radius 3 is 2.54 bits per heavy atom. The highest BCUT2D eigenvalue weighted by Gasteiger charge is 2.42. The van der Waals surface area contributed by atoms with Crippen molar-refractivity contribution in [1.29, 1.82) is 0 Å². The SMILES string of the molecule is CC(C)N1CCc2c(nc(C3CCN(C(=O)[C@H]4C[C@@H]4C)CC3)[nH]c2=O)C1. The Kier molecular flexibility index (Phi) is 4.63. The predicted molar refractivity (Wildman–Crippen MR) is 99.9 cm³/mol. The van der Waals surface area contributed by atoms with Gasteiger partial charge in [0.05, 0.1) is 5.69 Å². The van der Waals surface area contributed by atoms with E-state index in [1.165, 1.54) is 0 Å². The minimum atomic E-state index is 0.0405. The van der Waals surface area contributed by atoms with Crippen LogP contribution in [-0.4, -0.2) is 51.4 Å². The number of aromatic amines is 1. The first-order valence-electron chi connectivity index (χ1n) is 10.1. The van der Waals surface area contributed by atoms with E-state index in [2.05, 4.69) is 30.7 Å². The molecule has 1 aliphatic carbocycles. The molecule has 6 heteroatoms. The smallest absolute Gasteiger partial charge is 0.254 e. The molecule has 2 fully saturated rings. The number of aromatic nitrogens is 2. The normalized spacial score (nSPS) is 26.8. The van der Waals surface area contributed by atoms with Crippen LogP contribution >= 0.6 is 0 Å². The molecule has 6 nitrogen and oxygen atoms in total. The zero-order chi connectivity index (χ0) is 18.4. The molecule has 0 spiro atoms. The number of nitrogens with zero attached hydrogens (tertiary/aromatic N) is 3. The molecule has 0 bridgehead atoms. The second-order valence-corrected chi connectivity index (χ2v) is 8.61. The average Bonchev–Trinajstić information content (AvgIpc) is 3.37. The van der Waals surface area contributed by atoms with Crippen LogP contribution in [0.2, 0.25) is 0 Å². The van der Waals surface area contributed by atoms with Crippen molar-refractivity contribution >= 4 is 5.91 Å². The molecule has 2 atom stereocenters. The number of piperidine rings is 1. The number of H-pyrrole nitrogens is 1. The van der Waals surface area contributed by atoms with Gasteiger partial charge in [-0.25, -0.2) is 4.98 Å². The zero-order valence-corrected chi connectivity index (χ0v) is 16.1. The fraction of sp³-hybridized carbons (Fsp3) is 0.750. The van der Waals surface area contributed by atoms with Crippen LogP contribution in [0.25, 0.3) is 0 Å². The monoisotopic (exact) mass is 358 g/mol. The topological polar surface area (TPSA) is 69.3 Å². The molecule has 1 saturated heterocycles. The minimum absolute atomic E-state index is 0.0405. The van der Waals surface area contributed by atoms with Crippen molar-refractivity contribution < 1.29 is 4.79 Å². The second kappa shape index (κ2) is 6.80.